The Kier molecular flexibility index (Phi) is 5.83. The molecule has 3 aromatic rings. The summed E-state index contributed by atoms with van der Waals surface area (Å²) in [5.41, 5.74) is 0.935. The molecule has 3 aromatic heterocycles. The van der Waals surface area contributed by atoms with Crippen LogP contribution in [0, 0.1) is 11.8 Å². The molecule has 196 valence electrons. The third kappa shape index (κ3) is 4.11. The summed E-state index contributed by atoms with van der Waals surface area (Å²) in [6, 6.07) is -0.941. The highest BCUT2D eigenvalue weighted by Gasteiger charge is 2.44. The lowest BCUT2D eigenvalue weighted by Crippen LogP contribution is -2.42. The second kappa shape index (κ2) is 9.06. The second-order valence-electron chi connectivity index (χ2n) is 10.4. The van der Waals surface area contributed by atoms with Gasteiger partial charge < -0.3 is 30.5 Å². The standard InChI is InChI=1S/C24H30N8O5/c1-2-17(33)27-15-7-16(20(35)19(15)34)31-10-25-18-21(28-14-6-11-3-4-12(14)5-11)29-24(30-22(18)31)32-9-13(8-26-32)23(36)37/h8-12,14-16,19-20,34-35H,2-7H2,1H3,(H,27,33)(H,36,37)(H,28,29,30)/t11-,12-,14+,15+,16-,19-,20+/m1/s1. The topological polar surface area (TPSA) is 180 Å². The van der Waals surface area contributed by atoms with E-state index in [1.807, 2.05) is 0 Å². The Morgan fingerprint density at radius 2 is 1.95 bits per heavy atom. The first-order valence-corrected chi connectivity index (χ1v) is 12.8. The maximum absolute atomic E-state index is 11.9. The minimum atomic E-state index is -1.15. The van der Waals surface area contributed by atoms with Gasteiger partial charge in [-0.3, -0.25) is 4.79 Å². The number of rotatable bonds is 7. The fourth-order valence-corrected chi connectivity index (χ4v) is 6.23. The molecule has 5 N–H and O–H groups in total. The molecule has 3 saturated carbocycles. The van der Waals surface area contributed by atoms with Crippen molar-refractivity contribution in [2.75, 3.05) is 5.32 Å². The second-order valence-corrected chi connectivity index (χ2v) is 10.4. The summed E-state index contributed by atoms with van der Waals surface area (Å²) in [6.07, 6.45) is 7.09. The fourth-order valence-electron chi connectivity index (χ4n) is 6.23. The molecule has 37 heavy (non-hydrogen) atoms. The zero-order valence-electron chi connectivity index (χ0n) is 20.4. The number of carboxylic acid groups (broad SMARTS) is 1. The van der Waals surface area contributed by atoms with Crippen LogP contribution in [0.25, 0.3) is 17.1 Å². The van der Waals surface area contributed by atoms with Gasteiger partial charge in [0.2, 0.25) is 5.91 Å². The van der Waals surface area contributed by atoms with E-state index in [1.54, 1.807) is 17.8 Å². The summed E-state index contributed by atoms with van der Waals surface area (Å²) < 4.78 is 3.00. The molecule has 2 bridgehead atoms. The van der Waals surface area contributed by atoms with Crippen molar-refractivity contribution >= 4 is 28.9 Å². The molecule has 0 saturated heterocycles. The van der Waals surface area contributed by atoms with Gasteiger partial charge in [0.1, 0.15) is 12.2 Å². The van der Waals surface area contributed by atoms with Crippen molar-refractivity contribution in [1.82, 2.24) is 34.6 Å². The number of aliphatic hydroxyl groups is 2. The summed E-state index contributed by atoms with van der Waals surface area (Å²) in [4.78, 5) is 37.2. The Bertz CT molecular complexity index is 1350. The van der Waals surface area contributed by atoms with E-state index in [2.05, 4.69) is 30.7 Å². The Morgan fingerprint density at radius 3 is 2.62 bits per heavy atom. The maximum Gasteiger partial charge on any atom is 0.338 e. The average molecular weight is 511 g/mol. The van der Waals surface area contributed by atoms with Crippen LogP contribution in [0.1, 0.15) is 61.8 Å². The lowest BCUT2D eigenvalue weighted by Gasteiger charge is -2.24. The molecule has 6 rings (SSSR count). The molecule has 7 atom stereocenters. The van der Waals surface area contributed by atoms with Gasteiger partial charge in [-0.25, -0.2) is 14.5 Å². The molecule has 13 nitrogen and oxygen atoms in total. The van der Waals surface area contributed by atoms with Gasteiger partial charge in [-0.05, 0) is 37.5 Å². The van der Waals surface area contributed by atoms with Crippen LogP contribution >= 0.6 is 0 Å². The Hall–Kier alpha value is -3.58. The summed E-state index contributed by atoms with van der Waals surface area (Å²) >= 11 is 0. The maximum atomic E-state index is 11.9. The number of amides is 1. The monoisotopic (exact) mass is 510 g/mol. The van der Waals surface area contributed by atoms with E-state index < -0.39 is 30.3 Å². The predicted molar refractivity (Wildman–Crippen MR) is 130 cm³/mol. The van der Waals surface area contributed by atoms with E-state index in [0.29, 0.717) is 35.2 Å². The predicted octanol–water partition coefficient (Wildman–Crippen LogP) is 0.872. The molecular weight excluding hydrogens is 480 g/mol. The molecule has 0 radical (unpaired) electrons. The number of carbonyl (C=O) groups is 2. The number of nitrogens with one attached hydrogen (secondary N) is 2. The van der Waals surface area contributed by atoms with Gasteiger partial charge in [0.15, 0.2) is 17.0 Å². The van der Waals surface area contributed by atoms with Gasteiger partial charge in [-0.15, -0.1) is 0 Å². The lowest BCUT2D eigenvalue weighted by atomic mass is 9.95. The molecule has 0 aliphatic heterocycles. The summed E-state index contributed by atoms with van der Waals surface area (Å²) in [6.45, 7) is 1.72. The molecule has 3 fully saturated rings. The van der Waals surface area contributed by atoms with E-state index in [9.17, 15) is 24.9 Å². The highest BCUT2D eigenvalue weighted by atomic mass is 16.4. The van der Waals surface area contributed by atoms with Crippen molar-refractivity contribution in [3.63, 3.8) is 0 Å². The van der Waals surface area contributed by atoms with Gasteiger partial charge >= 0.3 is 5.97 Å². The summed E-state index contributed by atoms with van der Waals surface area (Å²) in [5, 5.41) is 41.3. The molecule has 3 aliphatic rings. The van der Waals surface area contributed by atoms with Gasteiger partial charge in [0.05, 0.1) is 30.2 Å². The minimum Gasteiger partial charge on any atom is -0.478 e. The number of hydrogen-bond acceptors (Lipinski definition) is 9. The third-order valence-corrected chi connectivity index (χ3v) is 8.18. The smallest absolute Gasteiger partial charge is 0.338 e. The number of imidazole rings is 1. The van der Waals surface area contributed by atoms with Crippen molar-refractivity contribution in [2.24, 2.45) is 11.8 Å². The van der Waals surface area contributed by atoms with Crippen molar-refractivity contribution in [3.8, 4) is 5.95 Å². The number of carbonyl (C=O) groups excluding carboxylic acids is 1. The van der Waals surface area contributed by atoms with E-state index in [1.165, 1.54) is 36.3 Å². The number of aromatic carboxylic acids is 1. The molecule has 3 heterocycles. The highest BCUT2D eigenvalue weighted by molar-refractivity contribution is 5.87. The van der Waals surface area contributed by atoms with E-state index >= 15 is 0 Å². The first-order chi connectivity index (χ1) is 17.8. The first kappa shape index (κ1) is 23.8. The van der Waals surface area contributed by atoms with Crippen LogP contribution in [0.2, 0.25) is 0 Å². The van der Waals surface area contributed by atoms with Crippen molar-refractivity contribution in [2.45, 2.75) is 75.8 Å². The molecule has 1 amide bonds. The molecular formula is C24H30N8O5. The van der Waals surface area contributed by atoms with Crippen molar-refractivity contribution in [1.29, 1.82) is 0 Å². The lowest BCUT2D eigenvalue weighted by molar-refractivity contribution is -0.122. The van der Waals surface area contributed by atoms with E-state index in [0.717, 1.165) is 6.42 Å². The van der Waals surface area contributed by atoms with Gasteiger partial charge in [-0.2, -0.15) is 15.1 Å². The van der Waals surface area contributed by atoms with Gasteiger partial charge in [-0.1, -0.05) is 13.3 Å². The first-order valence-electron chi connectivity index (χ1n) is 12.8. The number of fused-ring (bicyclic) bond motifs is 3. The number of hydrogen-bond donors (Lipinski definition) is 5. The van der Waals surface area contributed by atoms with E-state index in [-0.39, 0.29) is 29.9 Å². The van der Waals surface area contributed by atoms with Crippen LogP contribution in [-0.4, -0.2) is 80.8 Å². The summed E-state index contributed by atoms with van der Waals surface area (Å²) in [5.74, 6) is 0.650. The molecule has 0 aromatic carbocycles. The van der Waals surface area contributed by atoms with Crippen molar-refractivity contribution < 1.29 is 24.9 Å². The van der Waals surface area contributed by atoms with Crippen LogP contribution < -0.4 is 10.6 Å². The van der Waals surface area contributed by atoms with Gasteiger partial charge in [0, 0.05) is 18.7 Å². The average Bonchev–Trinajstić information content (AvgIpc) is 3.70. The van der Waals surface area contributed by atoms with Crippen LogP contribution in [0.5, 0.6) is 0 Å². The minimum absolute atomic E-state index is 0.00339. The Morgan fingerprint density at radius 1 is 1.11 bits per heavy atom. The zero-order valence-corrected chi connectivity index (χ0v) is 20.4. The number of aromatic nitrogens is 6. The van der Waals surface area contributed by atoms with Crippen molar-refractivity contribution in [3.05, 3.63) is 24.3 Å². The summed E-state index contributed by atoms with van der Waals surface area (Å²) in [7, 11) is 0. The Balaban J connectivity index is 1.40. The molecule has 0 unspecified atom stereocenters. The van der Waals surface area contributed by atoms with Crippen LogP contribution in [0.4, 0.5) is 5.82 Å². The number of carboxylic acids is 1. The largest absolute Gasteiger partial charge is 0.478 e. The van der Waals surface area contributed by atoms with Gasteiger partial charge in [0.25, 0.3) is 5.95 Å². The normalized spacial score (nSPS) is 30.7. The quantitative estimate of drug-likeness (QED) is 0.306. The number of nitrogens with zero attached hydrogens (tertiary/aromatic N) is 6. The van der Waals surface area contributed by atoms with E-state index in [4.69, 9.17) is 0 Å². The fraction of sp³-hybridized carbons (Fsp3) is 0.583. The SMILES string of the molecule is CCC(=O)N[C@H]1C[C@@H](n2cnc3c(N[C@H]4C[C@@H]5CC[C@@H]4C5)nc(-n4cc(C(=O)O)cn4)nc32)[C@H](O)[C@@H]1O. The molecule has 3 aliphatic carbocycles. The van der Waals surface area contributed by atoms with Crippen LogP contribution in [-0.2, 0) is 4.79 Å². The number of aliphatic hydroxyl groups excluding tert-OH is 2. The molecule has 0 spiro atoms. The molecule has 13 heteroatoms. The highest BCUT2D eigenvalue weighted by Crippen LogP contribution is 2.46. The van der Waals surface area contributed by atoms with Crippen LogP contribution in [0.15, 0.2) is 18.7 Å². The third-order valence-electron chi connectivity index (χ3n) is 8.18. The Labute approximate surface area is 211 Å². The zero-order chi connectivity index (χ0) is 25.8. The van der Waals surface area contributed by atoms with Crippen LogP contribution in [0.3, 0.4) is 0 Å². The number of anilines is 1.